The zero-order valence-corrected chi connectivity index (χ0v) is 16.7. The number of amides is 2. The van der Waals surface area contributed by atoms with Gasteiger partial charge < -0.3 is 15.0 Å². The first-order chi connectivity index (χ1) is 12.7. The summed E-state index contributed by atoms with van der Waals surface area (Å²) in [5.41, 5.74) is 1.62. The Hall–Kier alpha value is -2.37. The van der Waals surface area contributed by atoms with Crippen LogP contribution in [-0.4, -0.2) is 48.9 Å². The van der Waals surface area contributed by atoms with Gasteiger partial charge in [-0.05, 0) is 41.9 Å². The number of carbonyl (C=O) groups excluding carboxylic acids is 3. The van der Waals surface area contributed by atoms with Crippen LogP contribution in [-0.2, 0) is 19.7 Å². The van der Waals surface area contributed by atoms with Crippen molar-refractivity contribution in [2.24, 2.45) is 5.92 Å². The highest BCUT2D eigenvalue weighted by Gasteiger charge is 2.22. The number of rotatable bonds is 5. The normalized spacial score (nSPS) is 17.3. The van der Waals surface area contributed by atoms with Crippen LogP contribution in [0.4, 0.5) is 0 Å². The average molecular weight is 374 g/mol. The molecule has 1 fully saturated rings. The van der Waals surface area contributed by atoms with Gasteiger partial charge in [0, 0.05) is 18.7 Å². The van der Waals surface area contributed by atoms with E-state index in [1.165, 1.54) is 0 Å². The summed E-state index contributed by atoms with van der Waals surface area (Å²) < 4.78 is 5.00. The molecule has 2 rings (SSSR count). The van der Waals surface area contributed by atoms with E-state index in [2.05, 4.69) is 33.0 Å². The van der Waals surface area contributed by atoms with Gasteiger partial charge in [0.1, 0.15) is 6.54 Å². The molecule has 1 N–H and O–H groups in total. The Labute approximate surface area is 161 Å². The molecule has 0 spiro atoms. The Morgan fingerprint density at radius 2 is 1.85 bits per heavy atom. The van der Waals surface area contributed by atoms with Crippen LogP contribution in [0.25, 0.3) is 0 Å². The summed E-state index contributed by atoms with van der Waals surface area (Å²) in [5, 5.41) is 2.53. The summed E-state index contributed by atoms with van der Waals surface area (Å²) >= 11 is 0. The Kier molecular flexibility index (Phi) is 6.99. The van der Waals surface area contributed by atoms with E-state index >= 15 is 0 Å². The number of benzene rings is 1. The third-order valence-corrected chi connectivity index (χ3v) is 4.77. The highest BCUT2D eigenvalue weighted by Crippen LogP contribution is 2.22. The van der Waals surface area contributed by atoms with Gasteiger partial charge >= 0.3 is 5.97 Å². The molecule has 1 aromatic rings. The summed E-state index contributed by atoms with van der Waals surface area (Å²) in [5.74, 6) is -0.669. The van der Waals surface area contributed by atoms with Gasteiger partial charge in [0.2, 0.25) is 0 Å². The summed E-state index contributed by atoms with van der Waals surface area (Å²) in [6, 6.07) is 7.29. The molecule has 0 aliphatic carbocycles. The topological polar surface area (TPSA) is 75.7 Å². The molecule has 0 unspecified atom stereocenters. The van der Waals surface area contributed by atoms with E-state index in [4.69, 9.17) is 4.74 Å². The maximum absolute atomic E-state index is 12.1. The molecule has 27 heavy (non-hydrogen) atoms. The van der Waals surface area contributed by atoms with Gasteiger partial charge in [-0.25, -0.2) is 0 Å². The summed E-state index contributed by atoms with van der Waals surface area (Å²) in [7, 11) is 0. The van der Waals surface area contributed by atoms with Crippen LogP contribution in [0.15, 0.2) is 24.3 Å². The lowest BCUT2D eigenvalue weighted by Crippen LogP contribution is -2.42. The summed E-state index contributed by atoms with van der Waals surface area (Å²) in [6.45, 7) is 9.29. The van der Waals surface area contributed by atoms with Crippen LogP contribution >= 0.6 is 0 Å². The average Bonchev–Trinajstić information content (AvgIpc) is 2.63. The molecule has 1 aromatic carbocycles. The van der Waals surface area contributed by atoms with Crippen LogP contribution in [0.3, 0.4) is 0 Å². The van der Waals surface area contributed by atoms with Crippen molar-refractivity contribution in [3.8, 4) is 0 Å². The molecule has 1 heterocycles. The molecule has 2 amide bonds. The Bertz CT molecular complexity index is 676. The number of esters is 1. The largest absolute Gasteiger partial charge is 0.454 e. The first kappa shape index (κ1) is 20.9. The molecule has 0 bridgehead atoms. The fraction of sp³-hybridized carbons (Fsp3) is 0.571. The van der Waals surface area contributed by atoms with E-state index < -0.39 is 5.97 Å². The van der Waals surface area contributed by atoms with Crippen LogP contribution in [0.2, 0.25) is 0 Å². The van der Waals surface area contributed by atoms with Gasteiger partial charge in [0.25, 0.3) is 11.8 Å². The summed E-state index contributed by atoms with van der Waals surface area (Å²) in [4.78, 5) is 37.8. The van der Waals surface area contributed by atoms with Crippen LogP contribution < -0.4 is 5.32 Å². The quantitative estimate of drug-likeness (QED) is 0.804. The molecule has 1 saturated heterocycles. The molecule has 1 aliphatic rings. The molecule has 1 aliphatic heterocycles. The standard InChI is InChI=1S/C21H30N2O4/c1-15-6-5-11-23(13-15)18(24)14-27-19(25)12-22-20(26)16-7-9-17(10-8-16)21(2,3)4/h7-10,15H,5-6,11-14H2,1-4H3,(H,22,26)/t15-/m0/s1. The first-order valence-corrected chi connectivity index (χ1v) is 9.49. The van der Waals surface area contributed by atoms with Crippen molar-refractivity contribution in [2.75, 3.05) is 26.2 Å². The molecule has 0 saturated carbocycles. The number of carbonyl (C=O) groups is 3. The number of hydrogen-bond donors (Lipinski definition) is 1. The van der Waals surface area contributed by atoms with Gasteiger partial charge in [-0.2, -0.15) is 0 Å². The van der Waals surface area contributed by atoms with Gasteiger partial charge in [0.15, 0.2) is 6.61 Å². The van der Waals surface area contributed by atoms with Gasteiger partial charge in [-0.15, -0.1) is 0 Å². The van der Waals surface area contributed by atoms with E-state index in [-0.39, 0.29) is 30.4 Å². The molecule has 1 atom stereocenters. The van der Waals surface area contributed by atoms with Gasteiger partial charge in [0.05, 0.1) is 0 Å². The number of likely N-dealkylation sites (tertiary alicyclic amines) is 1. The highest BCUT2D eigenvalue weighted by molar-refractivity contribution is 5.96. The Morgan fingerprint density at radius 1 is 1.19 bits per heavy atom. The molecule has 148 valence electrons. The summed E-state index contributed by atoms with van der Waals surface area (Å²) in [6.07, 6.45) is 2.09. The lowest BCUT2D eigenvalue weighted by molar-refractivity contribution is -0.151. The SMILES string of the molecule is C[C@H]1CCCN(C(=O)COC(=O)CNC(=O)c2ccc(C(C)(C)C)cc2)C1. The Morgan fingerprint density at radius 3 is 2.44 bits per heavy atom. The minimum atomic E-state index is -0.618. The minimum Gasteiger partial charge on any atom is -0.454 e. The first-order valence-electron chi connectivity index (χ1n) is 9.49. The predicted octanol–water partition coefficient (Wildman–Crippen LogP) is 2.52. The predicted molar refractivity (Wildman–Crippen MR) is 103 cm³/mol. The van der Waals surface area contributed by atoms with Crippen molar-refractivity contribution in [2.45, 2.75) is 46.0 Å². The minimum absolute atomic E-state index is 0.0114. The highest BCUT2D eigenvalue weighted by atomic mass is 16.5. The van der Waals surface area contributed by atoms with Crippen molar-refractivity contribution in [1.82, 2.24) is 10.2 Å². The van der Waals surface area contributed by atoms with E-state index in [1.807, 2.05) is 12.1 Å². The van der Waals surface area contributed by atoms with Gasteiger partial charge in [-0.3, -0.25) is 14.4 Å². The van der Waals surface area contributed by atoms with Crippen molar-refractivity contribution < 1.29 is 19.1 Å². The second kappa shape index (κ2) is 9.02. The Balaban J connectivity index is 1.74. The number of nitrogens with one attached hydrogen (secondary N) is 1. The number of hydrogen-bond acceptors (Lipinski definition) is 4. The lowest BCUT2D eigenvalue weighted by Gasteiger charge is -2.30. The number of piperidine rings is 1. The second-order valence-electron chi connectivity index (χ2n) is 8.26. The smallest absolute Gasteiger partial charge is 0.325 e. The van der Waals surface area contributed by atoms with E-state index in [1.54, 1.807) is 17.0 Å². The van der Waals surface area contributed by atoms with Crippen molar-refractivity contribution >= 4 is 17.8 Å². The monoisotopic (exact) mass is 374 g/mol. The molecule has 0 radical (unpaired) electrons. The third-order valence-electron chi connectivity index (χ3n) is 4.77. The zero-order valence-electron chi connectivity index (χ0n) is 16.7. The van der Waals surface area contributed by atoms with Crippen LogP contribution in [0, 0.1) is 5.92 Å². The zero-order chi connectivity index (χ0) is 20.0. The van der Waals surface area contributed by atoms with E-state index in [9.17, 15) is 14.4 Å². The van der Waals surface area contributed by atoms with Crippen molar-refractivity contribution in [3.63, 3.8) is 0 Å². The molecule has 0 aromatic heterocycles. The molecular weight excluding hydrogens is 344 g/mol. The van der Waals surface area contributed by atoms with Crippen LogP contribution in [0.1, 0.15) is 56.5 Å². The maximum atomic E-state index is 12.1. The van der Waals surface area contributed by atoms with Gasteiger partial charge in [-0.1, -0.05) is 39.8 Å². The van der Waals surface area contributed by atoms with Crippen molar-refractivity contribution in [3.05, 3.63) is 35.4 Å². The van der Waals surface area contributed by atoms with Crippen molar-refractivity contribution in [1.29, 1.82) is 0 Å². The van der Waals surface area contributed by atoms with E-state index in [0.29, 0.717) is 24.6 Å². The fourth-order valence-corrected chi connectivity index (χ4v) is 3.08. The van der Waals surface area contributed by atoms with Crippen LogP contribution in [0.5, 0.6) is 0 Å². The maximum Gasteiger partial charge on any atom is 0.325 e. The lowest BCUT2D eigenvalue weighted by atomic mass is 9.87. The number of ether oxygens (including phenoxy) is 1. The fourth-order valence-electron chi connectivity index (χ4n) is 3.08. The number of nitrogens with zero attached hydrogens (tertiary/aromatic N) is 1. The molecular formula is C21H30N2O4. The second-order valence-corrected chi connectivity index (χ2v) is 8.26. The molecule has 6 heteroatoms. The van der Waals surface area contributed by atoms with E-state index in [0.717, 1.165) is 18.4 Å². The third kappa shape index (κ3) is 6.38. The molecule has 6 nitrogen and oxygen atoms in total.